The van der Waals surface area contributed by atoms with Crippen LogP contribution in [-0.4, -0.2) is 0 Å². The molecule has 0 amide bonds. The van der Waals surface area contributed by atoms with E-state index in [1.807, 2.05) is 11.3 Å². The van der Waals surface area contributed by atoms with E-state index in [2.05, 4.69) is 82.7 Å². The molecule has 0 aliphatic carbocycles. The maximum absolute atomic E-state index is 3.58. The van der Waals surface area contributed by atoms with Crippen molar-refractivity contribution in [2.45, 2.75) is 0 Å². The van der Waals surface area contributed by atoms with Crippen LogP contribution >= 0.6 is 27.3 Å². The zero-order valence-electron chi connectivity index (χ0n) is 11.6. The Morgan fingerprint density at radius 3 is 2.32 bits per heavy atom. The van der Waals surface area contributed by atoms with Gasteiger partial charge in [-0.05, 0) is 51.9 Å². The van der Waals surface area contributed by atoms with Gasteiger partial charge in [0.25, 0.3) is 0 Å². The van der Waals surface area contributed by atoms with E-state index in [-0.39, 0.29) is 0 Å². The summed E-state index contributed by atoms with van der Waals surface area (Å²) >= 11 is 5.44. The van der Waals surface area contributed by atoms with Crippen LogP contribution < -0.4 is 0 Å². The van der Waals surface area contributed by atoms with E-state index < -0.39 is 0 Å². The van der Waals surface area contributed by atoms with Crippen molar-refractivity contribution < 1.29 is 0 Å². The molecule has 0 bridgehead atoms. The fraction of sp³-hybridized carbons (Fsp3) is 0. The molecule has 2 heteroatoms. The summed E-state index contributed by atoms with van der Waals surface area (Å²) in [7, 11) is 0. The van der Waals surface area contributed by atoms with Gasteiger partial charge in [-0.25, -0.2) is 0 Å². The number of thiophene rings is 1. The van der Waals surface area contributed by atoms with E-state index in [9.17, 15) is 0 Å². The molecule has 1 heterocycles. The second-order valence-electron chi connectivity index (χ2n) is 5.60. The number of fused-ring (bicyclic) bond motifs is 6. The second kappa shape index (κ2) is 4.55. The molecule has 0 aliphatic heterocycles. The first kappa shape index (κ1) is 12.6. The third-order valence-electron chi connectivity index (χ3n) is 4.28. The van der Waals surface area contributed by atoms with Gasteiger partial charge < -0.3 is 0 Å². The van der Waals surface area contributed by atoms with Gasteiger partial charge in [0, 0.05) is 24.6 Å². The molecule has 22 heavy (non-hydrogen) atoms. The van der Waals surface area contributed by atoms with Crippen LogP contribution in [0.15, 0.2) is 71.2 Å². The van der Waals surface area contributed by atoms with Crippen LogP contribution in [0.3, 0.4) is 0 Å². The predicted molar refractivity (Wildman–Crippen MR) is 102 cm³/mol. The molecule has 0 fully saturated rings. The highest BCUT2D eigenvalue weighted by Crippen LogP contribution is 2.40. The highest BCUT2D eigenvalue weighted by Gasteiger charge is 2.09. The third-order valence-corrected chi connectivity index (χ3v) is 5.89. The van der Waals surface area contributed by atoms with Gasteiger partial charge >= 0.3 is 0 Å². The first-order chi connectivity index (χ1) is 10.8. The van der Waals surface area contributed by atoms with Crippen LogP contribution in [0.25, 0.3) is 41.7 Å². The van der Waals surface area contributed by atoms with Gasteiger partial charge in [-0.1, -0.05) is 52.3 Å². The Kier molecular flexibility index (Phi) is 2.61. The summed E-state index contributed by atoms with van der Waals surface area (Å²) in [5, 5.41) is 8.01. The van der Waals surface area contributed by atoms with Crippen molar-refractivity contribution in [3.63, 3.8) is 0 Å². The smallest absolute Gasteiger partial charge is 0.0366 e. The minimum absolute atomic E-state index is 1.14. The van der Waals surface area contributed by atoms with Crippen molar-refractivity contribution in [3.05, 3.63) is 71.2 Å². The molecule has 0 spiro atoms. The summed E-state index contributed by atoms with van der Waals surface area (Å²) in [6.45, 7) is 0. The zero-order valence-corrected chi connectivity index (χ0v) is 14.0. The number of hydrogen-bond acceptors (Lipinski definition) is 1. The standard InChI is InChI=1S/C20H11BrS/c21-15-6-7-16-19(11-15)22-18-8-5-14-9-12-3-1-2-4-13(12)10-17(14)20(16)18/h1-11H. The third kappa shape index (κ3) is 1.74. The van der Waals surface area contributed by atoms with Gasteiger partial charge in [0.15, 0.2) is 0 Å². The molecule has 0 N–H and O–H groups in total. The molecule has 0 atom stereocenters. The molecule has 5 rings (SSSR count). The van der Waals surface area contributed by atoms with Crippen molar-refractivity contribution in [2.24, 2.45) is 0 Å². The van der Waals surface area contributed by atoms with Crippen molar-refractivity contribution in [2.75, 3.05) is 0 Å². The first-order valence-electron chi connectivity index (χ1n) is 7.23. The lowest BCUT2D eigenvalue weighted by atomic mass is 10.00. The predicted octanol–water partition coefficient (Wildman–Crippen LogP) is 7.12. The van der Waals surface area contributed by atoms with E-state index in [1.165, 1.54) is 41.7 Å². The summed E-state index contributed by atoms with van der Waals surface area (Å²) in [6, 6.07) is 24.3. The number of rotatable bonds is 0. The highest BCUT2D eigenvalue weighted by molar-refractivity contribution is 9.10. The molecule has 0 saturated carbocycles. The highest BCUT2D eigenvalue weighted by atomic mass is 79.9. The fourth-order valence-electron chi connectivity index (χ4n) is 3.26. The van der Waals surface area contributed by atoms with Crippen LogP contribution in [0.4, 0.5) is 0 Å². The van der Waals surface area contributed by atoms with Crippen molar-refractivity contribution in [1.29, 1.82) is 0 Å². The van der Waals surface area contributed by atoms with Gasteiger partial charge in [0.05, 0.1) is 0 Å². The van der Waals surface area contributed by atoms with Crippen LogP contribution in [0.2, 0.25) is 0 Å². The van der Waals surface area contributed by atoms with Gasteiger partial charge in [0.2, 0.25) is 0 Å². The van der Waals surface area contributed by atoms with Crippen LogP contribution in [-0.2, 0) is 0 Å². The second-order valence-corrected chi connectivity index (χ2v) is 7.60. The van der Waals surface area contributed by atoms with Crippen molar-refractivity contribution in [3.8, 4) is 0 Å². The monoisotopic (exact) mass is 362 g/mol. The maximum atomic E-state index is 3.58. The Morgan fingerprint density at radius 2 is 1.45 bits per heavy atom. The van der Waals surface area contributed by atoms with Gasteiger partial charge in [-0.15, -0.1) is 11.3 Å². The molecular formula is C20H11BrS. The van der Waals surface area contributed by atoms with Gasteiger partial charge in [0.1, 0.15) is 0 Å². The number of halogens is 1. The Bertz CT molecular complexity index is 1180. The largest absolute Gasteiger partial charge is 0.135 e. The lowest BCUT2D eigenvalue weighted by Crippen LogP contribution is -1.77. The Labute approximate surface area is 140 Å². The first-order valence-corrected chi connectivity index (χ1v) is 8.84. The lowest BCUT2D eigenvalue weighted by molar-refractivity contribution is 1.77. The van der Waals surface area contributed by atoms with Crippen LogP contribution in [0.5, 0.6) is 0 Å². The maximum Gasteiger partial charge on any atom is 0.0366 e. The molecule has 0 radical (unpaired) electrons. The quantitative estimate of drug-likeness (QED) is 0.257. The molecule has 1 aromatic heterocycles. The van der Waals surface area contributed by atoms with Crippen LogP contribution in [0, 0.1) is 0 Å². The molecule has 104 valence electrons. The number of hydrogen-bond donors (Lipinski definition) is 0. The molecular weight excluding hydrogens is 352 g/mol. The SMILES string of the molecule is Brc1ccc2c(c1)sc1ccc3cc4ccccc4cc3c12. The molecule has 0 unspecified atom stereocenters. The number of benzene rings is 4. The summed E-state index contributed by atoms with van der Waals surface area (Å²) in [4.78, 5) is 0. The van der Waals surface area contributed by atoms with E-state index in [1.54, 1.807) is 0 Å². The van der Waals surface area contributed by atoms with Crippen LogP contribution in [0.1, 0.15) is 0 Å². The molecule has 4 aromatic carbocycles. The van der Waals surface area contributed by atoms with E-state index in [0.29, 0.717) is 0 Å². The molecule has 0 aliphatic rings. The topological polar surface area (TPSA) is 0 Å². The summed E-state index contributed by atoms with van der Waals surface area (Å²) < 4.78 is 3.84. The Morgan fingerprint density at radius 1 is 0.636 bits per heavy atom. The fourth-order valence-corrected chi connectivity index (χ4v) is 4.94. The molecule has 5 aromatic rings. The van der Waals surface area contributed by atoms with E-state index in [4.69, 9.17) is 0 Å². The zero-order chi connectivity index (χ0) is 14.7. The van der Waals surface area contributed by atoms with Gasteiger partial charge in [-0.2, -0.15) is 0 Å². The summed E-state index contributed by atoms with van der Waals surface area (Å²) in [5.74, 6) is 0. The Balaban J connectivity index is 2.05. The average molecular weight is 363 g/mol. The average Bonchev–Trinajstić information content (AvgIpc) is 2.90. The van der Waals surface area contributed by atoms with Crippen molar-refractivity contribution >= 4 is 69.0 Å². The molecule has 0 saturated heterocycles. The minimum Gasteiger partial charge on any atom is -0.135 e. The normalized spacial score (nSPS) is 11.9. The summed E-state index contributed by atoms with van der Waals surface area (Å²) in [5.41, 5.74) is 0. The van der Waals surface area contributed by atoms with Crippen molar-refractivity contribution in [1.82, 2.24) is 0 Å². The summed E-state index contributed by atoms with van der Waals surface area (Å²) in [6.07, 6.45) is 0. The molecule has 0 nitrogen and oxygen atoms in total. The van der Waals surface area contributed by atoms with E-state index in [0.717, 1.165) is 4.47 Å². The minimum atomic E-state index is 1.14. The Hall–Kier alpha value is -1.90. The van der Waals surface area contributed by atoms with Gasteiger partial charge in [-0.3, -0.25) is 0 Å². The van der Waals surface area contributed by atoms with E-state index >= 15 is 0 Å². The lowest BCUT2D eigenvalue weighted by Gasteiger charge is -2.04.